The highest BCUT2D eigenvalue weighted by atomic mass is 16.5. The fraction of sp³-hybridized carbons (Fsp3) is 0.286. The van der Waals surface area contributed by atoms with Crippen LogP contribution in [0, 0.1) is 25.7 Å². The van der Waals surface area contributed by atoms with Gasteiger partial charge in [0.15, 0.2) is 6.10 Å². The quantitative estimate of drug-likeness (QED) is 0.246. The second-order valence-corrected chi connectivity index (χ2v) is 10.3. The van der Waals surface area contributed by atoms with Crippen LogP contribution >= 0.6 is 0 Å². The van der Waals surface area contributed by atoms with E-state index in [2.05, 4.69) is 59.2 Å². The van der Waals surface area contributed by atoms with Crippen molar-refractivity contribution in [3.8, 4) is 23.3 Å². The van der Waals surface area contributed by atoms with E-state index in [1.54, 1.807) is 12.1 Å². The smallest absolute Gasteiger partial charge is 0.344 e. The third-order valence-corrected chi connectivity index (χ3v) is 7.12. The molecule has 7 nitrogen and oxygen atoms in total. The minimum absolute atomic E-state index is 0.337. The molecule has 0 saturated carbocycles. The van der Waals surface area contributed by atoms with Crippen molar-refractivity contribution in [2.75, 3.05) is 39.5 Å². The maximum atomic E-state index is 11.1. The van der Waals surface area contributed by atoms with Gasteiger partial charge in [0.25, 0.3) is 0 Å². The lowest BCUT2D eigenvalue weighted by Crippen LogP contribution is -2.36. The molecule has 1 saturated heterocycles. The first kappa shape index (κ1) is 29.0. The van der Waals surface area contributed by atoms with Crippen LogP contribution in [0.1, 0.15) is 34.9 Å². The van der Waals surface area contributed by atoms with Crippen LogP contribution in [0.4, 0.5) is 0 Å². The van der Waals surface area contributed by atoms with Crippen molar-refractivity contribution >= 4 is 22.5 Å². The summed E-state index contributed by atoms with van der Waals surface area (Å²) in [6, 6.07) is 21.9. The summed E-state index contributed by atoms with van der Waals surface area (Å²) in [5.41, 5.74) is 5.78. The number of nitrogens with zero attached hydrogens (tertiary/aromatic N) is 1. The van der Waals surface area contributed by atoms with Gasteiger partial charge in [-0.15, -0.1) is 0 Å². The average Bonchev–Trinajstić information content (AvgIpc) is 3.37. The summed E-state index contributed by atoms with van der Waals surface area (Å²) in [5.74, 6) is 7.63. The molecule has 0 aliphatic carbocycles. The molecule has 3 aromatic carbocycles. The van der Waals surface area contributed by atoms with E-state index in [9.17, 15) is 4.79 Å². The Balaban J connectivity index is 1.35. The van der Waals surface area contributed by atoms with E-state index < -0.39 is 12.1 Å². The summed E-state index contributed by atoms with van der Waals surface area (Å²) in [6.07, 6.45) is 1.14. The van der Waals surface area contributed by atoms with E-state index in [1.807, 2.05) is 32.0 Å². The van der Waals surface area contributed by atoms with Crippen LogP contribution in [0.5, 0.6) is 11.5 Å². The zero-order valence-corrected chi connectivity index (χ0v) is 24.2. The molecule has 1 aliphatic heterocycles. The van der Waals surface area contributed by atoms with Crippen molar-refractivity contribution in [1.29, 1.82) is 0 Å². The second-order valence-electron chi connectivity index (χ2n) is 10.3. The first-order chi connectivity index (χ1) is 20.4. The Morgan fingerprint density at radius 1 is 1.02 bits per heavy atom. The summed E-state index contributed by atoms with van der Waals surface area (Å²) < 4.78 is 22.8. The lowest BCUT2D eigenvalue weighted by Gasteiger charge is -2.24. The number of aliphatic carboxylic acids is 1. The summed E-state index contributed by atoms with van der Waals surface area (Å²) in [6.45, 7) is 9.78. The number of morpholine rings is 1. The molecule has 216 valence electrons. The fourth-order valence-electron chi connectivity index (χ4n) is 4.80. The SMILES string of the molecule is Cc1cc2cc(/C(=C/COc3ccc(OC(C)C(=O)O)c(C)c3)c3ccc(C#CCN4CCOCC4)cc3)ccc2o1. The van der Waals surface area contributed by atoms with E-state index in [0.29, 0.717) is 18.1 Å². The van der Waals surface area contributed by atoms with Crippen LogP contribution in [-0.4, -0.2) is 61.5 Å². The Labute approximate surface area is 246 Å². The van der Waals surface area contributed by atoms with Gasteiger partial charge < -0.3 is 23.7 Å². The number of carboxylic acid groups (broad SMARTS) is 1. The molecule has 1 unspecified atom stereocenters. The van der Waals surface area contributed by atoms with E-state index in [0.717, 1.165) is 77.4 Å². The van der Waals surface area contributed by atoms with E-state index in [-0.39, 0.29) is 0 Å². The lowest BCUT2D eigenvalue weighted by molar-refractivity contribution is -0.144. The first-order valence-electron chi connectivity index (χ1n) is 14.1. The maximum Gasteiger partial charge on any atom is 0.344 e. The molecule has 5 rings (SSSR count). The van der Waals surface area contributed by atoms with Crippen molar-refractivity contribution in [3.63, 3.8) is 0 Å². The molecule has 0 amide bonds. The highest BCUT2D eigenvalue weighted by Crippen LogP contribution is 2.29. The van der Waals surface area contributed by atoms with Gasteiger partial charge in [0, 0.05) is 24.0 Å². The molecule has 1 atom stereocenters. The Bertz CT molecular complexity index is 1630. The molecule has 1 aliphatic rings. The molecule has 4 aromatic rings. The Hall–Kier alpha value is -4.51. The lowest BCUT2D eigenvalue weighted by atomic mass is 9.96. The van der Waals surface area contributed by atoms with Crippen LogP contribution in [0.25, 0.3) is 16.5 Å². The van der Waals surface area contributed by atoms with Gasteiger partial charge in [-0.3, -0.25) is 4.90 Å². The fourth-order valence-corrected chi connectivity index (χ4v) is 4.80. The van der Waals surface area contributed by atoms with Crippen LogP contribution in [-0.2, 0) is 9.53 Å². The molecule has 0 spiro atoms. The van der Waals surface area contributed by atoms with Gasteiger partial charge >= 0.3 is 5.97 Å². The molecule has 1 aromatic heterocycles. The number of aryl methyl sites for hydroxylation is 2. The zero-order chi connectivity index (χ0) is 29.5. The van der Waals surface area contributed by atoms with Gasteiger partial charge in [0.2, 0.25) is 0 Å². The van der Waals surface area contributed by atoms with Gasteiger partial charge in [0.05, 0.1) is 19.8 Å². The number of ether oxygens (including phenoxy) is 3. The third kappa shape index (κ3) is 7.41. The Kier molecular flexibility index (Phi) is 9.28. The number of furan rings is 1. The van der Waals surface area contributed by atoms with Gasteiger partial charge in [-0.1, -0.05) is 30.0 Å². The number of hydrogen-bond acceptors (Lipinski definition) is 6. The maximum absolute atomic E-state index is 11.1. The molecule has 7 heteroatoms. The number of hydrogen-bond donors (Lipinski definition) is 1. The van der Waals surface area contributed by atoms with Gasteiger partial charge in [-0.25, -0.2) is 4.79 Å². The van der Waals surface area contributed by atoms with Gasteiger partial charge in [-0.05, 0) is 97.6 Å². The van der Waals surface area contributed by atoms with E-state index >= 15 is 0 Å². The third-order valence-electron chi connectivity index (χ3n) is 7.12. The summed E-state index contributed by atoms with van der Waals surface area (Å²) in [5, 5.41) is 10.2. The Morgan fingerprint density at radius 3 is 2.52 bits per heavy atom. The normalized spacial score (nSPS) is 14.7. The number of benzene rings is 3. The summed E-state index contributed by atoms with van der Waals surface area (Å²) in [4.78, 5) is 13.4. The minimum atomic E-state index is -1.01. The highest BCUT2D eigenvalue weighted by Gasteiger charge is 2.14. The molecule has 1 N–H and O–H groups in total. The van der Waals surface area contributed by atoms with Gasteiger partial charge in [-0.2, -0.15) is 0 Å². The molecular formula is C35H35NO6. The predicted molar refractivity (Wildman–Crippen MR) is 163 cm³/mol. The summed E-state index contributed by atoms with van der Waals surface area (Å²) in [7, 11) is 0. The van der Waals surface area contributed by atoms with Crippen molar-refractivity contribution < 1.29 is 28.5 Å². The van der Waals surface area contributed by atoms with E-state index in [1.165, 1.54) is 6.92 Å². The zero-order valence-electron chi connectivity index (χ0n) is 24.2. The topological polar surface area (TPSA) is 81.4 Å². The van der Waals surface area contributed by atoms with Crippen molar-refractivity contribution in [3.05, 3.63) is 101 Å². The number of carbonyl (C=O) groups is 1. The van der Waals surface area contributed by atoms with Crippen LogP contribution in [0.3, 0.4) is 0 Å². The van der Waals surface area contributed by atoms with Gasteiger partial charge in [0.1, 0.15) is 29.4 Å². The summed E-state index contributed by atoms with van der Waals surface area (Å²) >= 11 is 0. The molecular weight excluding hydrogens is 530 g/mol. The number of rotatable bonds is 9. The minimum Gasteiger partial charge on any atom is -0.489 e. The molecule has 2 heterocycles. The highest BCUT2D eigenvalue weighted by molar-refractivity contribution is 5.87. The van der Waals surface area contributed by atoms with Crippen molar-refractivity contribution in [2.24, 2.45) is 0 Å². The monoisotopic (exact) mass is 565 g/mol. The molecule has 0 bridgehead atoms. The molecule has 42 heavy (non-hydrogen) atoms. The second kappa shape index (κ2) is 13.4. The van der Waals surface area contributed by atoms with Crippen molar-refractivity contribution in [1.82, 2.24) is 4.90 Å². The standard InChI is InChI=1S/C35H35NO6/c1-24-21-31(11-13-33(24)42-26(3)35(37)38)40-18-14-32(29-10-12-34-30(23-29)22-25(2)41-34)28-8-6-27(7-9-28)5-4-15-36-16-19-39-20-17-36/h6-14,21-23,26H,15-20H2,1-3H3,(H,37,38)/b32-14+. The van der Waals surface area contributed by atoms with Crippen LogP contribution < -0.4 is 9.47 Å². The first-order valence-corrected chi connectivity index (χ1v) is 14.1. The Morgan fingerprint density at radius 2 is 1.79 bits per heavy atom. The van der Waals surface area contributed by atoms with Crippen LogP contribution in [0.15, 0.2) is 77.2 Å². The number of fused-ring (bicyclic) bond motifs is 1. The van der Waals surface area contributed by atoms with Crippen molar-refractivity contribution in [2.45, 2.75) is 26.9 Å². The average molecular weight is 566 g/mol. The predicted octanol–water partition coefficient (Wildman–Crippen LogP) is 6.10. The van der Waals surface area contributed by atoms with E-state index in [4.69, 9.17) is 23.7 Å². The van der Waals surface area contributed by atoms with Crippen LogP contribution in [0.2, 0.25) is 0 Å². The molecule has 0 radical (unpaired) electrons. The molecule has 1 fully saturated rings. The largest absolute Gasteiger partial charge is 0.489 e. The number of carboxylic acids is 1.